The van der Waals surface area contributed by atoms with Gasteiger partial charge in [0.1, 0.15) is 11.9 Å². The molecule has 4 nitrogen and oxygen atoms in total. The number of rotatable bonds is 3. The SMILES string of the molecule is Cc1nc(NC[C@H](C)O)c(C#N)c2c1CCCC2. The number of pyridine rings is 1. The van der Waals surface area contributed by atoms with Crippen molar-refractivity contribution in [3.63, 3.8) is 0 Å². The molecule has 0 aromatic carbocycles. The molecule has 0 spiro atoms. The number of hydrogen-bond acceptors (Lipinski definition) is 4. The number of aliphatic hydroxyl groups is 1. The second-order valence-electron chi connectivity index (χ2n) is 4.93. The zero-order chi connectivity index (χ0) is 13.1. The summed E-state index contributed by atoms with van der Waals surface area (Å²) < 4.78 is 0. The highest BCUT2D eigenvalue weighted by molar-refractivity contribution is 5.60. The van der Waals surface area contributed by atoms with Crippen LogP contribution in [0.2, 0.25) is 0 Å². The van der Waals surface area contributed by atoms with Gasteiger partial charge in [-0.25, -0.2) is 4.98 Å². The summed E-state index contributed by atoms with van der Waals surface area (Å²) >= 11 is 0. The van der Waals surface area contributed by atoms with E-state index in [9.17, 15) is 10.4 Å². The van der Waals surface area contributed by atoms with Gasteiger partial charge in [-0.15, -0.1) is 0 Å². The summed E-state index contributed by atoms with van der Waals surface area (Å²) in [5.74, 6) is 0.622. The Morgan fingerprint density at radius 2 is 2.06 bits per heavy atom. The van der Waals surface area contributed by atoms with Crippen LogP contribution in [0.1, 0.15) is 42.1 Å². The number of hydrogen-bond donors (Lipinski definition) is 2. The number of fused-ring (bicyclic) bond motifs is 1. The van der Waals surface area contributed by atoms with Gasteiger partial charge >= 0.3 is 0 Å². The van der Waals surface area contributed by atoms with Crippen molar-refractivity contribution in [2.75, 3.05) is 11.9 Å². The summed E-state index contributed by atoms with van der Waals surface area (Å²) in [5.41, 5.74) is 4.08. The molecule has 1 aliphatic carbocycles. The van der Waals surface area contributed by atoms with Crippen LogP contribution in [-0.4, -0.2) is 22.7 Å². The molecule has 1 atom stereocenters. The monoisotopic (exact) mass is 245 g/mol. The Balaban J connectivity index is 2.41. The first-order valence-corrected chi connectivity index (χ1v) is 6.48. The zero-order valence-corrected chi connectivity index (χ0v) is 11.0. The molecule has 0 saturated carbocycles. The smallest absolute Gasteiger partial charge is 0.144 e. The fraction of sp³-hybridized carbons (Fsp3) is 0.571. The average molecular weight is 245 g/mol. The first-order valence-electron chi connectivity index (χ1n) is 6.48. The minimum absolute atomic E-state index is 0.417. The van der Waals surface area contributed by atoms with Crippen LogP contribution >= 0.6 is 0 Å². The lowest BCUT2D eigenvalue weighted by atomic mass is 9.88. The van der Waals surface area contributed by atoms with E-state index in [-0.39, 0.29) is 0 Å². The van der Waals surface area contributed by atoms with Crippen LogP contribution in [0.25, 0.3) is 0 Å². The van der Waals surface area contributed by atoms with Gasteiger partial charge < -0.3 is 10.4 Å². The Morgan fingerprint density at radius 3 is 2.67 bits per heavy atom. The third-order valence-electron chi connectivity index (χ3n) is 3.40. The topological polar surface area (TPSA) is 68.9 Å². The Labute approximate surface area is 108 Å². The van der Waals surface area contributed by atoms with Gasteiger partial charge in [0.15, 0.2) is 0 Å². The van der Waals surface area contributed by atoms with E-state index in [2.05, 4.69) is 16.4 Å². The van der Waals surface area contributed by atoms with Crippen molar-refractivity contribution in [1.29, 1.82) is 5.26 Å². The molecule has 0 saturated heterocycles. The maximum atomic E-state index is 9.34. The number of anilines is 1. The van der Waals surface area contributed by atoms with Crippen LogP contribution < -0.4 is 5.32 Å². The minimum Gasteiger partial charge on any atom is -0.392 e. The molecule has 0 aliphatic heterocycles. The first-order chi connectivity index (χ1) is 8.63. The third kappa shape index (κ3) is 2.46. The summed E-state index contributed by atoms with van der Waals surface area (Å²) in [6.45, 7) is 4.13. The fourth-order valence-corrected chi connectivity index (χ4v) is 2.51. The number of aliphatic hydroxyl groups excluding tert-OH is 1. The summed E-state index contributed by atoms with van der Waals surface area (Å²) in [6.07, 6.45) is 3.86. The van der Waals surface area contributed by atoms with Crippen molar-refractivity contribution in [1.82, 2.24) is 4.98 Å². The molecule has 1 heterocycles. The third-order valence-corrected chi connectivity index (χ3v) is 3.40. The van der Waals surface area contributed by atoms with E-state index in [0.717, 1.165) is 30.5 Å². The highest BCUT2D eigenvalue weighted by Crippen LogP contribution is 2.29. The second-order valence-corrected chi connectivity index (χ2v) is 4.93. The molecule has 1 aromatic heterocycles. The minimum atomic E-state index is -0.449. The van der Waals surface area contributed by atoms with Crippen molar-refractivity contribution in [2.45, 2.75) is 45.6 Å². The normalized spacial score (nSPS) is 15.7. The van der Waals surface area contributed by atoms with Gasteiger partial charge in [-0.1, -0.05) is 0 Å². The van der Waals surface area contributed by atoms with Crippen LogP contribution in [0, 0.1) is 18.3 Å². The lowest BCUT2D eigenvalue weighted by Crippen LogP contribution is -2.19. The second kappa shape index (κ2) is 5.36. The molecule has 18 heavy (non-hydrogen) atoms. The average Bonchev–Trinajstić information content (AvgIpc) is 2.36. The Kier molecular flexibility index (Phi) is 3.83. The summed E-state index contributed by atoms with van der Waals surface area (Å²) in [5, 5.41) is 21.7. The quantitative estimate of drug-likeness (QED) is 0.853. The Bertz CT molecular complexity index is 489. The number of nitrogens with one attached hydrogen (secondary N) is 1. The summed E-state index contributed by atoms with van der Waals surface area (Å²) in [7, 11) is 0. The predicted octanol–water partition coefficient (Wildman–Crippen LogP) is 1.93. The Morgan fingerprint density at radius 1 is 1.39 bits per heavy atom. The molecular formula is C14H19N3O. The van der Waals surface area contributed by atoms with Gasteiger partial charge in [-0.05, 0) is 50.7 Å². The molecule has 0 radical (unpaired) electrons. The van der Waals surface area contributed by atoms with Gasteiger partial charge in [0.25, 0.3) is 0 Å². The molecule has 1 aliphatic rings. The first kappa shape index (κ1) is 12.8. The van der Waals surface area contributed by atoms with Crippen molar-refractivity contribution < 1.29 is 5.11 Å². The standard InChI is InChI=1S/C14H19N3O/c1-9(18)8-16-14-13(7-15)12-6-4-3-5-11(12)10(2)17-14/h9,18H,3-6,8H2,1-2H3,(H,16,17)/t9-/m0/s1. The van der Waals surface area contributed by atoms with Crippen LogP contribution in [0.4, 0.5) is 5.82 Å². The van der Waals surface area contributed by atoms with Gasteiger partial charge in [-0.3, -0.25) is 0 Å². The molecule has 1 aromatic rings. The molecular weight excluding hydrogens is 226 g/mol. The molecule has 0 bridgehead atoms. The number of nitriles is 1. The van der Waals surface area contributed by atoms with Crippen molar-refractivity contribution in [3.05, 3.63) is 22.4 Å². The number of aryl methyl sites for hydroxylation is 1. The largest absolute Gasteiger partial charge is 0.392 e. The van der Waals surface area contributed by atoms with E-state index in [1.807, 2.05) is 6.92 Å². The molecule has 0 amide bonds. The zero-order valence-electron chi connectivity index (χ0n) is 11.0. The number of nitrogens with zero attached hydrogens (tertiary/aromatic N) is 2. The lowest BCUT2D eigenvalue weighted by molar-refractivity contribution is 0.208. The fourth-order valence-electron chi connectivity index (χ4n) is 2.51. The molecule has 4 heteroatoms. The molecule has 2 rings (SSSR count). The van der Waals surface area contributed by atoms with Crippen molar-refractivity contribution >= 4 is 5.82 Å². The molecule has 0 unspecified atom stereocenters. The lowest BCUT2D eigenvalue weighted by Gasteiger charge is -2.21. The van der Waals surface area contributed by atoms with E-state index in [1.54, 1.807) is 6.92 Å². The molecule has 96 valence electrons. The van der Waals surface area contributed by atoms with Gasteiger partial charge in [-0.2, -0.15) is 5.26 Å². The van der Waals surface area contributed by atoms with Crippen molar-refractivity contribution in [3.8, 4) is 6.07 Å². The molecule has 0 fully saturated rings. The van der Waals surface area contributed by atoms with E-state index >= 15 is 0 Å². The van der Waals surface area contributed by atoms with Crippen LogP contribution in [0.15, 0.2) is 0 Å². The van der Waals surface area contributed by atoms with E-state index in [4.69, 9.17) is 0 Å². The van der Waals surface area contributed by atoms with Crippen molar-refractivity contribution in [2.24, 2.45) is 0 Å². The highest BCUT2D eigenvalue weighted by atomic mass is 16.3. The van der Waals surface area contributed by atoms with Crippen LogP contribution in [-0.2, 0) is 12.8 Å². The van der Waals surface area contributed by atoms with Crippen LogP contribution in [0.5, 0.6) is 0 Å². The van der Waals surface area contributed by atoms with E-state index in [1.165, 1.54) is 12.0 Å². The summed E-state index contributed by atoms with van der Waals surface area (Å²) in [4.78, 5) is 4.48. The van der Waals surface area contributed by atoms with E-state index in [0.29, 0.717) is 17.9 Å². The Hall–Kier alpha value is -1.60. The molecule has 2 N–H and O–H groups in total. The predicted molar refractivity (Wildman–Crippen MR) is 70.5 cm³/mol. The highest BCUT2D eigenvalue weighted by Gasteiger charge is 2.20. The van der Waals surface area contributed by atoms with Gasteiger partial charge in [0.2, 0.25) is 0 Å². The van der Waals surface area contributed by atoms with Crippen LogP contribution in [0.3, 0.4) is 0 Å². The van der Waals surface area contributed by atoms with Gasteiger partial charge in [0, 0.05) is 12.2 Å². The summed E-state index contributed by atoms with van der Waals surface area (Å²) in [6, 6.07) is 2.27. The number of aromatic nitrogens is 1. The van der Waals surface area contributed by atoms with E-state index < -0.39 is 6.10 Å². The van der Waals surface area contributed by atoms with Gasteiger partial charge in [0.05, 0.1) is 11.7 Å². The maximum Gasteiger partial charge on any atom is 0.144 e. The maximum absolute atomic E-state index is 9.34.